The van der Waals surface area contributed by atoms with Crippen molar-refractivity contribution in [3.63, 3.8) is 0 Å². The smallest absolute Gasteiger partial charge is 0.248 e. The van der Waals surface area contributed by atoms with E-state index in [1.807, 2.05) is 7.05 Å². The number of anilines is 1. The summed E-state index contributed by atoms with van der Waals surface area (Å²) in [4.78, 5) is 23.9. The standard InChI is InChI=1S/C15H21N7O2/c1-20(2)13(23)10-24-9-11-7-22(15-16-5-4-6-17-15)8-12-14(11)21(3)19-18-12/h4-6,11H,7-10H2,1-3H3/t11-/m1/s1. The van der Waals surface area contributed by atoms with E-state index in [1.54, 1.807) is 37.2 Å². The molecule has 0 saturated carbocycles. The summed E-state index contributed by atoms with van der Waals surface area (Å²) in [5.74, 6) is 0.646. The van der Waals surface area contributed by atoms with Crippen molar-refractivity contribution in [1.29, 1.82) is 0 Å². The molecule has 3 heterocycles. The second-order valence-corrected chi connectivity index (χ2v) is 5.97. The van der Waals surface area contributed by atoms with Gasteiger partial charge in [0.05, 0.1) is 18.8 Å². The number of hydrogen-bond donors (Lipinski definition) is 0. The van der Waals surface area contributed by atoms with Gasteiger partial charge >= 0.3 is 0 Å². The third-order valence-corrected chi connectivity index (χ3v) is 3.99. The molecule has 1 atom stereocenters. The molecule has 0 unspecified atom stereocenters. The highest BCUT2D eigenvalue weighted by Gasteiger charge is 2.31. The van der Waals surface area contributed by atoms with Gasteiger partial charge in [-0.2, -0.15) is 0 Å². The minimum Gasteiger partial charge on any atom is -0.371 e. The average molecular weight is 331 g/mol. The van der Waals surface area contributed by atoms with Crippen LogP contribution in [-0.4, -0.2) is 69.6 Å². The number of rotatable bonds is 5. The predicted molar refractivity (Wildman–Crippen MR) is 86.3 cm³/mol. The van der Waals surface area contributed by atoms with Crippen LogP contribution >= 0.6 is 0 Å². The molecule has 1 aliphatic heterocycles. The van der Waals surface area contributed by atoms with E-state index in [4.69, 9.17) is 4.74 Å². The summed E-state index contributed by atoms with van der Waals surface area (Å²) in [6, 6.07) is 1.79. The number of aromatic nitrogens is 5. The Labute approximate surface area is 140 Å². The van der Waals surface area contributed by atoms with Gasteiger partial charge in [0.25, 0.3) is 0 Å². The molecule has 2 aromatic heterocycles. The first-order chi connectivity index (χ1) is 11.6. The van der Waals surface area contributed by atoms with Gasteiger partial charge < -0.3 is 14.5 Å². The van der Waals surface area contributed by atoms with Crippen molar-refractivity contribution in [2.24, 2.45) is 7.05 Å². The lowest BCUT2D eigenvalue weighted by atomic mass is 9.99. The molecule has 0 spiro atoms. The summed E-state index contributed by atoms with van der Waals surface area (Å²) in [6.07, 6.45) is 3.44. The van der Waals surface area contributed by atoms with E-state index in [9.17, 15) is 4.79 Å². The summed E-state index contributed by atoms with van der Waals surface area (Å²) in [6.45, 7) is 1.78. The zero-order valence-electron chi connectivity index (χ0n) is 14.1. The topological polar surface area (TPSA) is 89.3 Å². The highest BCUT2D eigenvalue weighted by Crippen LogP contribution is 2.28. The normalized spacial score (nSPS) is 16.8. The lowest BCUT2D eigenvalue weighted by molar-refractivity contribution is -0.133. The van der Waals surface area contributed by atoms with Crippen LogP contribution in [0.15, 0.2) is 18.5 Å². The second-order valence-electron chi connectivity index (χ2n) is 5.97. The van der Waals surface area contributed by atoms with Gasteiger partial charge in [-0.05, 0) is 6.07 Å². The molecule has 9 heteroatoms. The number of likely N-dealkylation sites (N-methyl/N-ethyl adjacent to an activating group) is 1. The number of nitrogens with zero attached hydrogens (tertiary/aromatic N) is 7. The van der Waals surface area contributed by atoms with Gasteiger partial charge in [0.15, 0.2) is 0 Å². The van der Waals surface area contributed by atoms with Gasteiger partial charge in [-0.1, -0.05) is 5.21 Å². The van der Waals surface area contributed by atoms with E-state index < -0.39 is 0 Å². The van der Waals surface area contributed by atoms with Gasteiger partial charge in [0.2, 0.25) is 11.9 Å². The maximum absolute atomic E-state index is 11.7. The minimum atomic E-state index is -0.0580. The molecule has 24 heavy (non-hydrogen) atoms. The molecule has 0 radical (unpaired) electrons. The molecule has 0 fully saturated rings. The van der Waals surface area contributed by atoms with Gasteiger partial charge in [0.1, 0.15) is 12.3 Å². The predicted octanol–water partition coefficient (Wildman–Crippen LogP) is -0.186. The molecule has 3 rings (SSSR count). The molecule has 0 bridgehead atoms. The molecule has 1 amide bonds. The molecule has 9 nitrogen and oxygen atoms in total. The number of carbonyl (C=O) groups is 1. The van der Waals surface area contributed by atoms with E-state index in [0.29, 0.717) is 25.6 Å². The zero-order chi connectivity index (χ0) is 17.1. The van der Waals surface area contributed by atoms with E-state index in [1.165, 1.54) is 4.90 Å². The van der Waals surface area contributed by atoms with Crippen LogP contribution in [0, 0.1) is 0 Å². The van der Waals surface area contributed by atoms with Crippen LogP contribution in [0.4, 0.5) is 5.95 Å². The SMILES string of the molecule is CN(C)C(=O)COC[C@H]1CN(c2ncccn2)Cc2nnn(C)c21. The first kappa shape index (κ1) is 16.3. The maximum atomic E-state index is 11.7. The highest BCUT2D eigenvalue weighted by molar-refractivity contribution is 5.76. The van der Waals surface area contributed by atoms with Gasteiger partial charge in [0, 0.05) is 46.0 Å². The summed E-state index contributed by atoms with van der Waals surface area (Å²) >= 11 is 0. The summed E-state index contributed by atoms with van der Waals surface area (Å²) in [5, 5.41) is 8.36. The van der Waals surface area contributed by atoms with E-state index >= 15 is 0 Å². The van der Waals surface area contributed by atoms with Crippen LogP contribution in [0.3, 0.4) is 0 Å². The Hall–Kier alpha value is -2.55. The van der Waals surface area contributed by atoms with Gasteiger partial charge in [-0.15, -0.1) is 5.10 Å². The monoisotopic (exact) mass is 331 g/mol. The molecule has 0 saturated heterocycles. The maximum Gasteiger partial charge on any atom is 0.248 e. The Morgan fingerprint density at radius 1 is 1.38 bits per heavy atom. The molecule has 0 N–H and O–H groups in total. The number of carbonyl (C=O) groups excluding carboxylic acids is 1. The van der Waals surface area contributed by atoms with Crippen molar-refractivity contribution < 1.29 is 9.53 Å². The summed E-state index contributed by atoms with van der Waals surface area (Å²) in [5.41, 5.74) is 1.93. The number of hydrogen-bond acceptors (Lipinski definition) is 7. The fourth-order valence-electron chi connectivity index (χ4n) is 2.77. The zero-order valence-corrected chi connectivity index (χ0v) is 14.1. The van der Waals surface area contributed by atoms with Crippen LogP contribution in [0.1, 0.15) is 17.3 Å². The van der Waals surface area contributed by atoms with Crippen LogP contribution < -0.4 is 4.90 Å². The van der Waals surface area contributed by atoms with Crippen molar-refractivity contribution in [2.75, 3.05) is 38.8 Å². The number of aryl methyl sites for hydroxylation is 1. The van der Waals surface area contributed by atoms with E-state index in [0.717, 1.165) is 11.4 Å². The first-order valence-corrected chi connectivity index (χ1v) is 7.74. The van der Waals surface area contributed by atoms with E-state index in [2.05, 4.69) is 25.2 Å². The minimum absolute atomic E-state index is 0.0486. The van der Waals surface area contributed by atoms with Gasteiger partial charge in [-0.3, -0.25) is 9.48 Å². The van der Waals surface area contributed by atoms with Crippen molar-refractivity contribution >= 4 is 11.9 Å². The van der Waals surface area contributed by atoms with E-state index in [-0.39, 0.29) is 18.4 Å². The Kier molecular flexibility index (Phi) is 4.70. The molecule has 1 aliphatic rings. The average Bonchev–Trinajstić information content (AvgIpc) is 2.96. The van der Waals surface area contributed by atoms with Crippen molar-refractivity contribution in [1.82, 2.24) is 29.9 Å². The molecular formula is C15H21N7O2. The van der Waals surface area contributed by atoms with Crippen LogP contribution in [-0.2, 0) is 23.1 Å². The Balaban J connectivity index is 1.74. The molecule has 128 valence electrons. The number of ether oxygens (including phenoxy) is 1. The molecular weight excluding hydrogens is 310 g/mol. The molecule has 0 aliphatic carbocycles. The van der Waals surface area contributed by atoms with Gasteiger partial charge in [-0.25, -0.2) is 9.97 Å². The second kappa shape index (κ2) is 6.91. The van der Waals surface area contributed by atoms with Crippen LogP contribution in [0.5, 0.6) is 0 Å². The highest BCUT2D eigenvalue weighted by atomic mass is 16.5. The summed E-state index contributed by atoms with van der Waals surface area (Å²) < 4.78 is 7.41. The van der Waals surface area contributed by atoms with Crippen LogP contribution in [0.2, 0.25) is 0 Å². The van der Waals surface area contributed by atoms with Crippen molar-refractivity contribution in [2.45, 2.75) is 12.5 Å². The lowest BCUT2D eigenvalue weighted by Crippen LogP contribution is -2.38. The number of fused-ring (bicyclic) bond motifs is 1. The Morgan fingerprint density at radius 2 is 2.12 bits per heavy atom. The Morgan fingerprint density at radius 3 is 2.83 bits per heavy atom. The third-order valence-electron chi connectivity index (χ3n) is 3.99. The van der Waals surface area contributed by atoms with Crippen LogP contribution in [0.25, 0.3) is 0 Å². The first-order valence-electron chi connectivity index (χ1n) is 7.74. The largest absolute Gasteiger partial charge is 0.371 e. The molecule has 0 aromatic carbocycles. The lowest BCUT2D eigenvalue weighted by Gasteiger charge is -2.32. The fourth-order valence-corrected chi connectivity index (χ4v) is 2.77. The fraction of sp³-hybridized carbons (Fsp3) is 0.533. The quantitative estimate of drug-likeness (QED) is 0.750. The van der Waals surface area contributed by atoms with Crippen molar-refractivity contribution in [3.05, 3.63) is 29.8 Å². The summed E-state index contributed by atoms with van der Waals surface area (Å²) in [7, 11) is 5.30. The molecule has 2 aromatic rings. The Bertz CT molecular complexity index is 701. The third kappa shape index (κ3) is 3.35. The number of amides is 1. The van der Waals surface area contributed by atoms with Crippen molar-refractivity contribution in [3.8, 4) is 0 Å².